The molecule has 2 atom stereocenters. The number of nitrogens with zero attached hydrogens (tertiary/aromatic N) is 2. The van der Waals surface area contributed by atoms with Gasteiger partial charge in [0.05, 0.1) is 6.34 Å². The van der Waals surface area contributed by atoms with E-state index in [9.17, 15) is 4.79 Å². The molecule has 0 aromatic rings. The van der Waals surface area contributed by atoms with Gasteiger partial charge >= 0.3 is 0 Å². The quantitative estimate of drug-likeness (QED) is 0.618. The molecule has 0 saturated heterocycles. The zero-order valence-electron chi connectivity index (χ0n) is 8.73. The van der Waals surface area contributed by atoms with Gasteiger partial charge in [-0.2, -0.15) is 0 Å². The highest BCUT2D eigenvalue weighted by Gasteiger charge is 2.60. The van der Waals surface area contributed by atoms with Gasteiger partial charge in [0.2, 0.25) is 0 Å². The maximum absolute atomic E-state index is 12.1. The molecule has 76 valence electrons. The van der Waals surface area contributed by atoms with E-state index in [2.05, 4.69) is 4.99 Å². The van der Waals surface area contributed by atoms with Gasteiger partial charge in [0.1, 0.15) is 5.54 Å². The third kappa shape index (κ3) is 0.928. The van der Waals surface area contributed by atoms with Crippen molar-refractivity contribution < 1.29 is 4.79 Å². The van der Waals surface area contributed by atoms with Crippen LogP contribution in [0.2, 0.25) is 0 Å². The normalized spacial score (nSPS) is 44.2. The zero-order valence-corrected chi connectivity index (χ0v) is 8.73. The first kappa shape index (κ1) is 8.45. The largest absolute Gasteiger partial charge is 0.299 e. The molecule has 1 spiro atoms. The van der Waals surface area contributed by atoms with Crippen molar-refractivity contribution >= 4 is 12.2 Å². The Labute approximate surface area is 84.2 Å². The summed E-state index contributed by atoms with van der Waals surface area (Å²) in [6, 6.07) is 0.252. The summed E-state index contributed by atoms with van der Waals surface area (Å²) in [5.74, 6) is 1.87. The van der Waals surface area contributed by atoms with E-state index in [-0.39, 0.29) is 17.5 Å². The lowest BCUT2D eigenvalue weighted by atomic mass is 9.93. The molecular weight excluding hydrogens is 176 g/mol. The lowest BCUT2D eigenvalue weighted by Gasteiger charge is -2.24. The molecule has 2 fully saturated rings. The van der Waals surface area contributed by atoms with E-state index in [4.69, 9.17) is 0 Å². The lowest BCUT2D eigenvalue weighted by molar-refractivity contribution is -0.132. The number of fused-ring (bicyclic) bond motifs is 1. The molecule has 0 aromatic carbocycles. The minimum absolute atomic E-state index is 0.250. The second kappa shape index (κ2) is 2.38. The molecule has 2 saturated carbocycles. The summed E-state index contributed by atoms with van der Waals surface area (Å²) in [4.78, 5) is 18.4. The molecule has 2 unspecified atom stereocenters. The van der Waals surface area contributed by atoms with E-state index in [1.165, 1.54) is 6.42 Å². The first-order chi connectivity index (χ1) is 6.62. The van der Waals surface area contributed by atoms with E-state index in [0.717, 1.165) is 24.7 Å². The van der Waals surface area contributed by atoms with Crippen LogP contribution in [0.25, 0.3) is 0 Å². The molecule has 1 amide bonds. The van der Waals surface area contributed by atoms with Crippen LogP contribution in [0, 0.1) is 11.8 Å². The Morgan fingerprint density at radius 1 is 1.50 bits per heavy atom. The summed E-state index contributed by atoms with van der Waals surface area (Å²) < 4.78 is 0. The van der Waals surface area contributed by atoms with Crippen LogP contribution < -0.4 is 0 Å². The van der Waals surface area contributed by atoms with Gasteiger partial charge in [-0.05, 0) is 44.9 Å². The number of aliphatic imine (C=N–C) groups is 1. The van der Waals surface area contributed by atoms with E-state index in [0.29, 0.717) is 0 Å². The predicted octanol–water partition coefficient (Wildman–Crippen LogP) is 1.43. The number of hydrogen-bond acceptors (Lipinski definition) is 2. The smallest absolute Gasteiger partial charge is 0.255 e. The van der Waals surface area contributed by atoms with Crippen LogP contribution in [0.15, 0.2) is 4.99 Å². The third-order valence-corrected chi connectivity index (χ3v) is 3.89. The van der Waals surface area contributed by atoms with E-state index in [1.54, 1.807) is 11.2 Å². The summed E-state index contributed by atoms with van der Waals surface area (Å²) in [6.07, 6.45) is 5.12. The van der Waals surface area contributed by atoms with Crippen LogP contribution in [-0.4, -0.2) is 28.7 Å². The Kier molecular flexibility index (Phi) is 1.44. The van der Waals surface area contributed by atoms with E-state index in [1.807, 2.05) is 13.8 Å². The topological polar surface area (TPSA) is 32.7 Å². The second-order valence-electron chi connectivity index (χ2n) is 5.25. The van der Waals surface area contributed by atoms with Crippen LogP contribution in [0.3, 0.4) is 0 Å². The highest BCUT2D eigenvalue weighted by molar-refractivity contribution is 6.00. The maximum Gasteiger partial charge on any atom is 0.255 e. The molecule has 0 bridgehead atoms. The van der Waals surface area contributed by atoms with Crippen LogP contribution in [0.1, 0.15) is 33.1 Å². The molecule has 0 N–H and O–H groups in total. The molecule has 3 nitrogen and oxygen atoms in total. The van der Waals surface area contributed by atoms with Crippen molar-refractivity contribution in [2.75, 3.05) is 0 Å². The average molecular weight is 192 g/mol. The monoisotopic (exact) mass is 192 g/mol. The number of carbonyl (C=O) groups is 1. The fourth-order valence-electron chi connectivity index (χ4n) is 2.93. The van der Waals surface area contributed by atoms with Crippen LogP contribution >= 0.6 is 0 Å². The van der Waals surface area contributed by atoms with Crippen molar-refractivity contribution in [2.24, 2.45) is 16.8 Å². The SMILES string of the molecule is CC(C)N1C=NC2(CC3CC3C2)C1=O. The lowest BCUT2D eigenvalue weighted by Crippen LogP contribution is -2.43. The number of carbonyl (C=O) groups excluding carboxylic acids is 1. The van der Waals surface area contributed by atoms with Gasteiger partial charge in [0, 0.05) is 6.04 Å². The molecule has 0 aromatic heterocycles. The molecule has 2 aliphatic carbocycles. The van der Waals surface area contributed by atoms with Crippen LogP contribution in [0.5, 0.6) is 0 Å². The molecule has 1 heterocycles. The summed E-state index contributed by atoms with van der Waals surface area (Å²) >= 11 is 0. The Morgan fingerprint density at radius 3 is 2.64 bits per heavy atom. The highest BCUT2D eigenvalue weighted by Crippen LogP contribution is 2.58. The van der Waals surface area contributed by atoms with Crippen molar-refractivity contribution in [1.82, 2.24) is 4.90 Å². The Morgan fingerprint density at radius 2 is 2.14 bits per heavy atom. The molecule has 3 rings (SSSR count). The van der Waals surface area contributed by atoms with Gasteiger partial charge in [0.15, 0.2) is 0 Å². The molecule has 3 aliphatic rings. The fourth-order valence-corrected chi connectivity index (χ4v) is 2.93. The first-order valence-electron chi connectivity index (χ1n) is 5.50. The molecule has 14 heavy (non-hydrogen) atoms. The maximum atomic E-state index is 12.1. The Balaban J connectivity index is 1.84. The van der Waals surface area contributed by atoms with Gasteiger partial charge in [-0.3, -0.25) is 14.7 Å². The zero-order chi connectivity index (χ0) is 9.92. The average Bonchev–Trinajstić information content (AvgIpc) is 2.61. The van der Waals surface area contributed by atoms with Crippen molar-refractivity contribution in [1.29, 1.82) is 0 Å². The molecule has 1 aliphatic heterocycles. The van der Waals surface area contributed by atoms with Crippen molar-refractivity contribution in [3.05, 3.63) is 0 Å². The van der Waals surface area contributed by atoms with Crippen molar-refractivity contribution in [3.8, 4) is 0 Å². The van der Waals surface area contributed by atoms with E-state index < -0.39 is 0 Å². The Hall–Kier alpha value is -0.860. The highest BCUT2D eigenvalue weighted by atomic mass is 16.2. The Bertz CT molecular complexity index is 311. The number of amides is 1. The van der Waals surface area contributed by atoms with E-state index >= 15 is 0 Å². The van der Waals surface area contributed by atoms with Gasteiger partial charge in [-0.1, -0.05) is 0 Å². The third-order valence-electron chi connectivity index (χ3n) is 3.89. The number of hydrogen-bond donors (Lipinski definition) is 0. The van der Waals surface area contributed by atoms with Gasteiger partial charge in [-0.15, -0.1) is 0 Å². The van der Waals surface area contributed by atoms with Crippen molar-refractivity contribution in [2.45, 2.75) is 44.7 Å². The van der Waals surface area contributed by atoms with Gasteiger partial charge < -0.3 is 0 Å². The minimum Gasteiger partial charge on any atom is -0.299 e. The van der Waals surface area contributed by atoms with Crippen molar-refractivity contribution in [3.63, 3.8) is 0 Å². The standard InChI is InChI=1S/C11H16N2O/c1-7(2)13-6-12-11(10(13)14)4-8-3-9(8)5-11/h6-9H,3-5H2,1-2H3. The van der Waals surface area contributed by atoms with Crippen LogP contribution in [-0.2, 0) is 4.79 Å². The number of rotatable bonds is 1. The van der Waals surface area contributed by atoms with Gasteiger partial charge in [-0.25, -0.2) is 0 Å². The predicted molar refractivity (Wildman–Crippen MR) is 54.0 cm³/mol. The van der Waals surface area contributed by atoms with Gasteiger partial charge in [0.25, 0.3) is 5.91 Å². The molecule has 0 radical (unpaired) electrons. The summed E-state index contributed by atoms with van der Waals surface area (Å²) in [6.45, 7) is 4.08. The molecular formula is C11H16N2O. The first-order valence-corrected chi connectivity index (χ1v) is 5.50. The second-order valence-corrected chi connectivity index (χ2v) is 5.25. The summed E-state index contributed by atoms with van der Waals surface area (Å²) in [5, 5.41) is 0. The minimum atomic E-state index is -0.322. The van der Waals surface area contributed by atoms with Crippen LogP contribution in [0.4, 0.5) is 0 Å². The fraction of sp³-hybridized carbons (Fsp3) is 0.818. The summed E-state index contributed by atoms with van der Waals surface area (Å²) in [5.41, 5.74) is -0.322. The summed E-state index contributed by atoms with van der Waals surface area (Å²) in [7, 11) is 0. The molecule has 3 heteroatoms.